The third-order valence-corrected chi connectivity index (χ3v) is 15.8. The first-order chi connectivity index (χ1) is 27.1. The number of halogens is 1. The van der Waals surface area contributed by atoms with Crippen LogP contribution in [0.2, 0.25) is 10.1 Å². The van der Waals surface area contributed by atoms with E-state index >= 15 is 0 Å². The quantitative estimate of drug-likeness (QED) is 0.124. The molecule has 1 amide bonds. The predicted octanol–water partition coefficient (Wildman–Crippen LogP) is 8.80. The van der Waals surface area contributed by atoms with Crippen molar-refractivity contribution in [2.45, 2.75) is 52.4 Å². The van der Waals surface area contributed by atoms with Crippen LogP contribution in [0.3, 0.4) is 0 Å². The molecule has 1 N–H and O–H groups in total. The number of carbonyl (C=O) groups excluding carboxylic acids is 1. The van der Waals surface area contributed by atoms with Crippen molar-refractivity contribution < 1.29 is 9.22 Å². The Hall–Kier alpha value is -5.98. The summed E-state index contributed by atoms with van der Waals surface area (Å²) in [6, 6.07) is 43.0. The fraction of sp³-hybridized carbons (Fsp3) is 0.170. The van der Waals surface area contributed by atoms with Crippen molar-refractivity contribution in [3.05, 3.63) is 184 Å². The van der Waals surface area contributed by atoms with Gasteiger partial charge < -0.3 is 9.74 Å². The number of nitrogens with one attached hydrogen (secondary N) is 1. The molecule has 1 aliphatic heterocycles. The lowest BCUT2D eigenvalue weighted by atomic mass is 10.0. The molecule has 2 aromatic heterocycles. The van der Waals surface area contributed by atoms with Gasteiger partial charge in [-0.25, -0.2) is 9.50 Å². The van der Waals surface area contributed by atoms with Gasteiger partial charge in [-0.3, -0.25) is 9.69 Å². The number of hydrogen-bond acceptors (Lipinski definition) is 5. The molecule has 1 aliphatic rings. The number of aromatic nitrogens is 3. The number of fused-ring (bicyclic) bond motifs is 2. The van der Waals surface area contributed by atoms with Gasteiger partial charge in [0.2, 0.25) is 0 Å². The van der Waals surface area contributed by atoms with Gasteiger partial charge in [-0.2, -0.15) is 5.10 Å². The van der Waals surface area contributed by atoms with Gasteiger partial charge in [-0.15, -0.1) is 0 Å². The number of aryl methyl sites for hydroxylation is 1. The molecule has 56 heavy (non-hydrogen) atoms. The van der Waals surface area contributed by atoms with Crippen molar-refractivity contribution in [3.63, 3.8) is 0 Å². The molecule has 0 radical (unpaired) electrons. The van der Waals surface area contributed by atoms with Crippen molar-refractivity contribution in [2.75, 3.05) is 5.32 Å². The van der Waals surface area contributed by atoms with Crippen LogP contribution >= 0.6 is 11.6 Å². The lowest BCUT2D eigenvalue weighted by Crippen LogP contribution is -2.68. The zero-order valence-electron chi connectivity index (χ0n) is 31.9. The van der Waals surface area contributed by atoms with Crippen LogP contribution in [0.25, 0.3) is 5.65 Å². The minimum atomic E-state index is -2.75. The van der Waals surface area contributed by atoms with Gasteiger partial charge in [0, 0.05) is 47.7 Å². The number of nitrogens with zero attached hydrogens (tertiary/aromatic N) is 4. The van der Waals surface area contributed by atoms with Crippen LogP contribution in [0.4, 0.5) is 5.69 Å². The van der Waals surface area contributed by atoms with E-state index in [0.717, 1.165) is 41.2 Å². The molecule has 0 unspecified atom stereocenters. The van der Waals surface area contributed by atoms with E-state index in [1.165, 1.54) is 21.5 Å². The van der Waals surface area contributed by atoms with Crippen LogP contribution in [0.1, 0.15) is 64.6 Å². The Balaban J connectivity index is 0.950. The molecule has 7 aromatic rings. The molecule has 0 atom stereocenters. The first kappa shape index (κ1) is 37.0. The maximum Gasteiger partial charge on any atom is 0.319 e. The maximum atomic E-state index is 13.4. The van der Waals surface area contributed by atoms with E-state index in [0.29, 0.717) is 28.5 Å². The average molecular weight is 772 g/mol. The summed E-state index contributed by atoms with van der Waals surface area (Å²) in [5, 5.41) is 10.3. The summed E-state index contributed by atoms with van der Waals surface area (Å²) >= 11 is 6.86. The normalized spacial score (nSPS) is 12.9. The Kier molecular flexibility index (Phi) is 10.1. The van der Waals surface area contributed by atoms with Crippen LogP contribution in [-0.4, -0.2) is 33.7 Å². The second kappa shape index (κ2) is 15.3. The zero-order valence-corrected chi connectivity index (χ0v) is 33.6. The van der Waals surface area contributed by atoms with Crippen molar-refractivity contribution in [1.82, 2.24) is 19.5 Å². The molecular weight excluding hydrogens is 730 g/mol. The first-order valence-corrected chi connectivity index (χ1v) is 21.0. The van der Waals surface area contributed by atoms with E-state index < -0.39 is 8.32 Å². The third kappa shape index (κ3) is 7.37. The highest BCUT2D eigenvalue weighted by Crippen LogP contribution is 2.39. The van der Waals surface area contributed by atoms with Gasteiger partial charge in [0.05, 0.1) is 6.20 Å². The molecule has 0 aliphatic carbocycles. The van der Waals surface area contributed by atoms with E-state index in [2.05, 4.69) is 132 Å². The summed E-state index contributed by atoms with van der Waals surface area (Å²) in [4.78, 5) is 20.1. The number of imidazole rings is 1. The fourth-order valence-electron chi connectivity index (χ4n) is 7.58. The Morgan fingerprint density at radius 2 is 1.57 bits per heavy atom. The second-order valence-corrected chi connectivity index (χ2v) is 19.9. The molecule has 0 bridgehead atoms. The lowest BCUT2D eigenvalue weighted by molar-refractivity contribution is 0.102. The zero-order chi connectivity index (χ0) is 38.9. The number of rotatable bonds is 8. The largest absolute Gasteiger partial charge is 0.534 e. The molecule has 0 saturated carbocycles. The topological polar surface area (TPSA) is 71.8 Å². The summed E-state index contributed by atoms with van der Waals surface area (Å²) in [7, 11) is -2.75. The minimum Gasteiger partial charge on any atom is -0.534 e. The summed E-state index contributed by atoms with van der Waals surface area (Å²) < 4.78 is 9.01. The predicted molar refractivity (Wildman–Crippen MR) is 227 cm³/mol. The average Bonchev–Trinajstić information content (AvgIpc) is 3.81. The van der Waals surface area contributed by atoms with Crippen LogP contribution in [0.5, 0.6) is 5.75 Å². The Morgan fingerprint density at radius 1 is 0.839 bits per heavy atom. The summed E-state index contributed by atoms with van der Waals surface area (Å²) in [5.74, 6) is 7.00. The minimum absolute atomic E-state index is 0.129. The molecule has 0 fully saturated rings. The molecule has 3 heterocycles. The summed E-state index contributed by atoms with van der Waals surface area (Å²) in [6.07, 6.45) is 3.39. The number of carbonyl (C=O) groups is 1. The van der Waals surface area contributed by atoms with Crippen LogP contribution in [-0.2, 0) is 19.6 Å². The highest BCUT2D eigenvalue weighted by Gasteiger charge is 2.52. The number of benzene rings is 5. The van der Waals surface area contributed by atoms with E-state index in [4.69, 9.17) is 16.0 Å². The molecule has 0 saturated heterocycles. The maximum absolute atomic E-state index is 13.4. The first-order valence-electron chi connectivity index (χ1n) is 18.7. The Bertz CT molecular complexity index is 2590. The van der Waals surface area contributed by atoms with Gasteiger partial charge in [-0.05, 0) is 99.0 Å². The number of amides is 1. The van der Waals surface area contributed by atoms with Crippen LogP contribution < -0.4 is 20.1 Å². The van der Waals surface area contributed by atoms with Gasteiger partial charge in [0.25, 0.3) is 5.91 Å². The van der Waals surface area contributed by atoms with E-state index in [1.54, 1.807) is 29.0 Å². The van der Waals surface area contributed by atoms with Gasteiger partial charge >= 0.3 is 8.32 Å². The molecule has 9 heteroatoms. The molecule has 7 nitrogen and oxygen atoms in total. The van der Waals surface area contributed by atoms with E-state index in [1.807, 2.05) is 43.3 Å². The van der Waals surface area contributed by atoms with E-state index in [-0.39, 0.29) is 10.9 Å². The highest BCUT2D eigenvalue weighted by molar-refractivity contribution is 7.00. The van der Waals surface area contributed by atoms with Crippen molar-refractivity contribution in [3.8, 4) is 17.6 Å². The SMILES string of the molecule is Cc1ccc(C(=O)Nc2ccc(CN3Cc4ccc(O[Si](c5ccccc5)(c5ccccc5)C(C)(C)C)cc4C3)c(Cl)c2)cc1C#Cc1cnc2cccnn12. The smallest absolute Gasteiger partial charge is 0.319 e. The molecule has 5 aromatic carbocycles. The molecule has 8 rings (SSSR count). The Labute approximate surface area is 334 Å². The summed E-state index contributed by atoms with van der Waals surface area (Å²) in [5.41, 5.74) is 7.80. The molecular formula is C47H42ClN5O2Si. The number of hydrogen-bond donors (Lipinski definition) is 1. The Morgan fingerprint density at radius 3 is 2.29 bits per heavy atom. The van der Waals surface area contributed by atoms with Gasteiger partial charge in [0.15, 0.2) is 5.65 Å². The van der Waals surface area contributed by atoms with Crippen molar-refractivity contribution >= 4 is 47.5 Å². The van der Waals surface area contributed by atoms with Crippen LogP contribution in [0, 0.1) is 18.8 Å². The fourth-order valence-corrected chi connectivity index (χ4v) is 12.2. The third-order valence-electron chi connectivity index (χ3n) is 10.5. The second-order valence-electron chi connectivity index (χ2n) is 15.3. The molecule has 278 valence electrons. The van der Waals surface area contributed by atoms with Crippen LogP contribution in [0.15, 0.2) is 140 Å². The molecule has 0 spiro atoms. The highest BCUT2D eigenvalue weighted by atomic mass is 35.5. The van der Waals surface area contributed by atoms with Gasteiger partial charge in [0.1, 0.15) is 11.4 Å². The standard InChI is InChI=1S/C47H42ClN5O2Si/c1-33-17-18-35(26-34(33)20-23-40-29-49-45-16-11-25-50-53(40)45)46(54)51-39-22-19-37(44(48)28-39)31-52-30-36-21-24-41(27-38(36)32-52)55-56(47(2,3)4,42-12-7-5-8-13-42)43-14-9-6-10-15-43/h5-19,21-22,24-29H,30-32H2,1-4H3,(H,51,54). The monoisotopic (exact) mass is 771 g/mol. The lowest BCUT2D eigenvalue weighted by Gasteiger charge is -2.43. The van der Waals surface area contributed by atoms with Crippen molar-refractivity contribution in [1.29, 1.82) is 0 Å². The summed E-state index contributed by atoms with van der Waals surface area (Å²) in [6.45, 7) is 11.1. The van der Waals surface area contributed by atoms with Crippen molar-refractivity contribution in [2.24, 2.45) is 0 Å². The van der Waals surface area contributed by atoms with E-state index in [9.17, 15) is 4.79 Å². The number of anilines is 1. The van der Waals surface area contributed by atoms with Gasteiger partial charge in [-0.1, -0.05) is 117 Å².